The Labute approximate surface area is 107 Å². The Morgan fingerprint density at radius 2 is 1.59 bits per heavy atom. The van der Waals surface area contributed by atoms with E-state index in [1.807, 2.05) is 13.8 Å². The molecule has 0 aliphatic carbocycles. The van der Waals surface area contributed by atoms with Crippen LogP contribution in [0.4, 0.5) is 0 Å². The number of hydrogen-bond acceptors (Lipinski definition) is 3. The van der Waals surface area contributed by atoms with Gasteiger partial charge >= 0.3 is 0 Å². The van der Waals surface area contributed by atoms with Gasteiger partial charge in [0.2, 0.25) is 0 Å². The van der Waals surface area contributed by atoms with E-state index >= 15 is 0 Å². The molecular formula is C14H30N2O. The molecule has 0 rings (SSSR count). The molecule has 0 fully saturated rings. The Bertz CT molecular complexity index is 212. The minimum Gasteiger partial charge on any atom is -0.315 e. The van der Waals surface area contributed by atoms with Gasteiger partial charge in [0, 0.05) is 18.0 Å². The lowest BCUT2D eigenvalue weighted by Crippen LogP contribution is -2.43. The molecule has 2 N–H and O–H groups in total. The van der Waals surface area contributed by atoms with Crippen molar-refractivity contribution in [3.63, 3.8) is 0 Å². The topological polar surface area (TPSA) is 41.1 Å². The molecule has 0 unspecified atom stereocenters. The maximum Gasteiger partial charge on any atom is 0.152 e. The molecule has 0 aromatic carbocycles. The molecule has 17 heavy (non-hydrogen) atoms. The molecule has 0 amide bonds. The van der Waals surface area contributed by atoms with Crippen molar-refractivity contribution in [2.24, 2.45) is 5.92 Å². The van der Waals surface area contributed by atoms with Crippen molar-refractivity contribution in [3.8, 4) is 0 Å². The van der Waals surface area contributed by atoms with Crippen LogP contribution in [0.15, 0.2) is 0 Å². The molecule has 0 saturated carbocycles. The zero-order valence-corrected chi connectivity index (χ0v) is 12.3. The van der Waals surface area contributed by atoms with Crippen LogP contribution in [-0.4, -0.2) is 30.5 Å². The van der Waals surface area contributed by atoms with Gasteiger partial charge in [0.15, 0.2) is 5.78 Å². The number of rotatable bonds is 9. The van der Waals surface area contributed by atoms with Gasteiger partial charge in [-0.2, -0.15) is 0 Å². The summed E-state index contributed by atoms with van der Waals surface area (Å²) in [4.78, 5) is 12.0. The fourth-order valence-corrected chi connectivity index (χ4v) is 1.81. The fraction of sp³-hybridized carbons (Fsp3) is 0.929. The molecule has 0 spiro atoms. The van der Waals surface area contributed by atoms with E-state index in [0.717, 1.165) is 19.4 Å². The van der Waals surface area contributed by atoms with E-state index in [2.05, 4.69) is 38.3 Å². The molecule has 3 nitrogen and oxygen atoms in total. The van der Waals surface area contributed by atoms with Crippen LogP contribution >= 0.6 is 0 Å². The summed E-state index contributed by atoms with van der Waals surface area (Å²) in [7, 11) is 0. The van der Waals surface area contributed by atoms with E-state index in [4.69, 9.17) is 0 Å². The summed E-state index contributed by atoms with van der Waals surface area (Å²) >= 11 is 0. The minimum absolute atomic E-state index is 0.0176. The monoisotopic (exact) mass is 242 g/mol. The van der Waals surface area contributed by atoms with Crippen molar-refractivity contribution < 1.29 is 4.79 Å². The van der Waals surface area contributed by atoms with Gasteiger partial charge in [-0.15, -0.1) is 0 Å². The normalized spacial score (nSPS) is 13.7. The first-order valence-electron chi connectivity index (χ1n) is 6.87. The van der Waals surface area contributed by atoms with Gasteiger partial charge in [0.25, 0.3) is 0 Å². The number of nitrogens with one attached hydrogen (secondary N) is 2. The Morgan fingerprint density at radius 3 is 2.00 bits per heavy atom. The van der Waals surface area contributed by atoms with E-state index in [1.54, 1.807) is 0 Å². The summed E-state index contributed by atoms with van der Waals surface area (Å²) in [5.74, 6) is 0.451. The van der Waals surface area contributed by atoms with Crippen LogP contribution in [0.25, 0.3) is 0 Å². The summed E-state index contributed by atoms with van der Waals surface area (Å²) < 4.78 is 0. The third-order valence-electron chi connectivity index (χ3n) is 2.67. The van der Waals surface area contributed by atoms with Crippen LogP contribution in [0.1, 0.15) is 54.4 Å². The second-order valence-corrected chi connectivity index (χ2v) is 5.68. The van der Waals surface area contributed by atoms with E-state index in [0.29, 0.717) is 17.9 Å². The summed E-state index contributed by atoms with van der Waals surface area (Å²) in [5, 5.41) is 6.75. The summed E-state index contributed by atoms with van der Waals surface area (Å²) in [6, 6.07) is 0.900. The van der Waals surface area contributed by atoms with Crippen LogP contribution in [0, 0.1) is 5.92 Å². The Kier molecular flexibility index (Phi) is 8.44. The molecular weight excluding hydrogens is 212 g/mol. The van der Waals surface area contributed by atoms with Crippen molar-refractivity contribution in [3.05, 3.63) is 0 Å². The van der Waals surface area contributed by atoms with E-state index in [9.17, 15) is 4.79 Å². The second-order valence-electron chi connectivity index (χ2n) is 5.68. The number of carbonyl (C=O) groups excluding carboxylic acids is 1. The highest BCUT2D eigenvalue weighted by molar-refractivity contribution is 5.85. The van der Waals surface area contributed by atoms with Crippen LogP contribution in [0.5, 0.6) is 0 Å². The molecule has 0 aliphatic rings. The molecule has 3 heteroatoms. The molecule has 1 atom stereocenters. The van der Waals surface area contributed by atoms with Crippen molar-refractivity contribution in [2.75, 3.05) is 6.54 Å². The summed E-state index contributed by atoms with van der Waals surface area (Å²) in [5.41, 5.74) is 0. The molecule has 0 heterocycles. The van der Waals surface area contributed by atoms with Gasteiger partial charge in [0.05, 0.1) is 6.04 Å². The first-order valence-corrected chi connectivity index (χ1v) is 6.87. The van der Waals surface area contributed by atoms with E-state index < -0.39 is 0 Å². The van der Waals surface area contributed by atoms with Crippen LogP contribution in [-0.2, 0) is 4.79 Å². The molecule has 0 bridgehead atoms. The number of hydrogen-bond donors (Lipinski definition) is 2. The van der Waals surface area contributed by atoms with Crippen LogP contribution in [0.3, 0.4) is 0 Å². The lowest BCUT2D eigenvalue weighted by molar-refractivity contribution is -0.124. The molecule has 0 radical (unpaired) electrons. The van der Waals surface area contributed by atoms with Crippen molar-refractivity contribution in [1.29, 1.82) is 0 Å². The van der Waals surface area contributed by atoms with Crippen molar-refractivity contribution in [2.45, 2.75) is 72.5 Å². The summed E-state index contributed by atoms with van der Waals surface area (Å²) in [6.45, 7) is 13.4. The number of Topliss-reactive ketones (excluding diaryl/α,β-unsaturated/α-hetero) is 1. The SMILES string of the molecule is CC(C)NCCC[C@@H](NC(C)C)C(=O)C(C)C. The first-order chi connectivity index (χ1) is 7.84. The van der Waals surface area contributed by atoms with E-state index in [-0.39, 0.29) is 12.0 Å². The summed E-state index contributed by atoms with van der Waals surface area (Å²) in [6.07, 6.45) is 1.97. The molecule has 102 valence electrons. The van der Waals surface area contributed by atoms with Gasteiger partial charge in [0.1, 0.15) is 0 Å². The van der Waals surface area contributed by atoms with Crippen molar-refractivity contribution in [1.82, 2.24) is 10.6 Å². The maximum atomic E-state index is 12.0. The molecule has 0 aromatic heterocycles. The second kappa shape index (κ2) is 8.65. The quantitative estimate of drug-likeness (QED) is 0.610. The largest absolute Gasteiger partial charge is 0.315 e. The molecule has 0 aliphatic heterocycles. The predicted octanol–water partition coefficient (Wildman–Crippen LogP) is 2.36. The zero-order valence-electron chi connectivity index (χ0n) is 12.3. The minimum atomic E-state index is 0.0176. The zero-order chi connectivity index (χ0) is 13.4. The van der Waals surface area contributed by atoms with Gasteiger partial charge in [-0.05, 0) is 19.4 Å². The number of ketones is 1. The highest BCUT2D eigenvalue weighted by Crippen LogP contribution is 2.07. The lowest BCUT2D eigenvalue weighted by Gasteiger charge is -2.22. The Morgan fingerprint density at radius 1 is 1.00 bits per heavy atom. The van der Waals surface area contributed by atoms with Gasteiger partial charge in [-0.3, -0.25) is 4.79 Å². The van der Waals surface area contributed by atoms with Gasteiger partial charge < -0.3 is 10.6 Å². The third kappa shape index (κ3) is 8.33. The third-order valence-corrected chi connectivity index (χ3v) is 2.67. The van der Waals surface area contributed by atoms with Gasteiger partial charge in [-0.1, -0.05) is 41.5 Å². The number of carbonyl (C=O) groups is 1. The standard InChI is InChI=1S/C14H30N2O/c1-10(2)14(17)13(16-12(5)6)8-7-9-15-11(3)4/h10-13,15-16H,7-9H2,1-6H3/t13-/m1/s1. The molecule has 0 saturated heterocycles. The Hall–Kier alpha value is -0.410. The smallest absolute Gasteiger partial charge is 0.152 e. The average molecular weight is 242 g/mol. The fourth-order valence-electron chi connectivity index (χ4n) is 1.81. The predicted molar refractivity (Wildman–Crippen MR) is 74.3 cm³/mol. The maximum absolute atomic E-state index is 12.0. The first kappa shape index (κ1) is 16.6. The molecule has 0 aromatic rings. The Balaban J connectivity index is 4.07. The van der Waals surface area contributed by atoms with Gasteiger partial charge in [-0.25, -0.2) is 0 Å². The van der Waals surface area contributed by atoms with E-state index in [1.165, 1.54) is 0 Å². The highest BCUT2D eigenvalue weighted by Gasteiger charge is 2.20. The average Bonchev–Trinajstić information content (AvgIpc) is 2.20. The van der Waals surface area contributed by atoms with Crippen LogP contribution in [0.2, 0.25) is 0 Å². The van der Waals surface area contributed by atoms with Crippen molar-refractivity contribution >= 4 is 5.78 Å². The van der Waals surface area contributed by atoms with Crippen LogP contribution < -0.4 is 10.6 Å². The lowest BCUT2D eigenvalue weighted by atomic mass is 9.97. The highest BCUT2D eigenvalue weighted by atomic mass is 16.1.